The Kier molecular flexibility index (Phi) is 5.27. The van der Waals surface area contributed by atoms with Crippen molar-refractivity contribution in [3.8, 4) is 17.3 Å². The number of nitrogens with zero attached hydrogens (tertiary/aromatic N) is 6. The zero-order valence-corrected chi connectivity index (χ0v) is 20.2. The summed E-state index contributed by atoms with van der Waals surface area (Å²) in [5.74, 6) is -0.992. The van der Waals surface area contributed by atoms with Gasteiger partial charge in [0, 0.05) is 35.6 Å². The molecule has 184 valence electrons. The first-order valence-electron chi connectivity index (χ1n) is 11.2. The molecule has 0 radical (unpaired) electrons. The van der Waals surface area contributed by atoms with Crippen LogP contribution >= 0.6 is 11.3 Å². The summed E-state index contributed by atoms with van der Waals surface area (Å²) in [4.78, 5) is 17.0. The minimum Gasteiger partial charge on any atom is -0.390 e. The van der Waals surface area contributed by atoms with Gasteiger partial charge in [-0.3, -0.25) is 4.98 Å². The lowest BCUT2D eigenvalue weighted by Gasteiger charge is -2.21. The number of anilines is 2. The normalized spacial score (nSPS) is 19.5. The third-order valence-electron chi connectivity index (χ3n) is 6.94. The van der Waals surface area contributed by atoms with Crippen molar-refractivity contribution in [2.75, 3.05) is 37.8 Å². The van der Waals surface area contributed by atoms with Crippen LogP contribution in [0.3, 0.4) is 0 Å². The molecule has 4 aromatic rings. The number of β-amino-alcohol motifs (C(OH)–C–C–N with tert-alkyl or cyclic N) is 1. The average Bonchev–Trinajstić information content (AvgIpc) is 3.57. The standard InChI is InChI=1S/C24H21F2N7O2S/c1-32(2)15-6-33(7-16(15)34)24-30-4-11-12-8-35-9-13(12)17(19(26)20(11)31-24)21-18-10(3-27)23(28)36-22(18)14(25)5-29-21/h4-5,15-16,34H,6-9,28H2,1-2H3/t15-,16+/m1/s1. The van der Waals surface area contributed by atoms with Gasteiger partial charge in [0.05, 0.1) is 47.5 Å². The maximum atomic E-state index is 16.4. The van der Waals surface area contributed by atoms with E-state index in [1.54, 1.807) is 6.20 Å². The molecule has 0 aliphatic carbocycles. The van der Waals surface area contributed by atoms with Crippen molar-refractivity contribution in [3.63, 3.8) is 0 Å². The summed E-state index contributed by atoms with van der Waals surface area (Å²) >= 11 is 0.930. The van der Waals surface area contributed by atoms with Crippen molar-refractivity contribution in [1.29, 1.82) is 5.26 Å². The fraction of sp³-hybridized carbons (Fsp3) is 0.333. The van der Waals surface area contributed by atoms with E-state index < -0.39 is 17.7 Å². The highest BCUT2D eigenvalue weighted by Gasteiger charge is 2.35. The van der Waals surface area contributed by atoms with Gasteiger partial charge in [0.2, 0.25) is 5.95 Å². The van der Waals surface area contributed by atoms with Crippen molar-refractivity contribution in [2.45, 2.75) is 25.4 Å². The lowest BCUT2D eigenvalue weighted by molar-refractivity contribution is 0.114. The molecular formula is C24H21F2N7O2S. The second kappa shape index (κ2) is 8.28. The van der Waals surface area contributed by atoms with Crippen LogP contribution in [0.25, 0.3) is 32.2 Å². The Bertz CT molecular complexity index is 1600. The van der Waals surface area contributed by atoms with Crippen LogP contribution in [0.2, 0.25) is 0 Å². The van der Waals surface area contributed by atoms with Crippen LogP contribution in [0.4, 0.5) is 19.7 Å². The van der Waals surface area contributed by atoms with E-state index in [1.165, 1.54) is 0 Å². The van der Waals surface area contributed by atoms with E-state index in [1.807, 2.05) is 30.0 Å². The molecular weight excluding hydrogens is 488 g/mol. The van der Waals surface area contributed by atoms with Gasteiger partial charge < -0.3 is 25.4 Å². The minimum atomic E-state index is -0.657. The predicted molar refractivity (Wildman–Crippen MR) is 131 cm³/mol. The van der Waals surface area contributed by atoms with Gasteiger partial charge in [0.15, 0.2) is 11.6 Å². The van der Waals surface area contributed by atoms with E-state index in [0.29, 0.717) is 30.0 Å². The van der Waals surface area contributed by atoms with Gasteiger partial charge in [-0.2, -0.15) is 5.26 Å². The highest BCUT2D eigenvalue weighted by molar-refractivity contribution is 7.23. The Morgan fingerprint density at radius 1 is 1.22 bits per heavy atom. The largest absolute Gasteiger partial charge is 0.390 e. The summed E-state index contributed by atoms with van der Waals surface area (Å²) in [6.07, 6.45) is 1.99. The molecule has 0 unspecified atom stereocenters. The number of thiophene rings is 1. The van der Waals surface area contributed by atoms with Crippen LogP contribution in [0.1, 0.15) is 16.7 Å². The van der Waals surface area contributed by atoms with Crippen LogP contribution < -0.4 is 10.6 Å². The predicted octanol–water partition coefficient (Wildman–Crippen LogP) is 2.78. The molecule has 12 heteroatoms. The number of hydrogen-bond donors (Lipinski definition) is 2. The van der Waals surface area contributed by atoms with Gasteiger partial charge in [0.1, 0.15) is 16.6 Å². The van der Waals surface area contributed by atoms with E-state index in [0.717, 1.165) is 23.1 Å². The Balaban J connectivity index is 1.59. The molecule has 1 aromatic carbocycles. The van der Waals surface area contributed by atoms with E-state index in [-0.39, 0.29) is 56.7 Å². The first-order chi connectivity index (χ1) is 17.3. The maximum Gasteiger partial charge on any atom is 0.226 e. The highest BCUT2D eigenvalue weighted by atomic mass is 32.1. The summed E-state index contributed by atoms with van der Waals surface area (Å²) in [6.45, 7) is 1.16. The smallest absolute Gasteiger partial charge is 0.226 e. The molecule has 5 heterocycles. The Morgan fingerprint density at radius 2 is 2.00 bits per heavy atom. The highest BCUT2D eigenvalue weighted by Crippen LogP contribution is 2.45. The molecule has 0 spiro atoms. The van der Waals surface area contributed by atoms with Gasteiger partial charge in [-0.15, -0.1) is 11.3 Å². The van der Waals surface area contributed by atoms with Crippen molar-refractivity contribution in [2.24, 2.45) is 0 Å². The SMILES string of the molecule is CN(C)[C@@H]1CN(c2ncc3c4c(c(-c5ncc(F)c6sc(N)c(C#N)c56)c(F)c3n2)COC4)C[C@@H]1O. The molecule has 1 saturated heterocycles. The monoisotopic (exact) mass is 509 g/mol. The fourth-order valence-corrected chi connectivity index (χ4v) is 6.05. The number of likely N-dealkylation sites (N-methyl/N-ethyl adjacent to an activating group) is 1. The number of ether oxygens (including phenoxy) is 1. The molecule has 36 heavy (non-hydrogen) atoms. The number of nitrogen functional groups attached to an aromatic ring is 1. The summed E-state index contributed by atoms with van der Waals surface area (Å²) in [5, 5.41) is 21.0. The van der Waals surface area contributed by atoms with Gasteiger partial charge in [0.25, 0.3) is 0 Å². The second-order valence-electron chi connectivity index (χ2n) is 9.19. The molecule has 2 aliphatic heterocycles. The Labute approximate surface area is 208 Å². The van der Waals surface area contributed by atoms with Crippen LogP contribution in [-0.2, 0) is 18.0 Å². The van der Waals surface area contributed by atoms with Gasteiger partial charge in [-0.05, 0) is 25.2 Å². The molecule has 2 atom stereocenters. The number of aliphatic hydroxyl groups is 1. The Morgan fingerprint density at radius 3 is 2.72 bits per heavy atom. The number of aromatic nitrogens is 3. The molecule has 0 bridgehead atoms. The molecule has 3 aromatic heterocycles. The first kappa shape index (κ1) is 22.9. The number of nitrogens with two attached hydrogens (primary N) is 1. The topological polar surface area (TPSA) is 124 Å². The summed E-state index contributed by atoms with van der Waals surface area (Å²) in [7, 11) is 3.77. The van der Waals surface area contributed by atoms with Crippen molar-refractivity contribution in [1.82, 2.24) is 19.9 Å². The van der Waals surface area contributed by atoms with Crippen molar-refractivity contribution < 1.29 is 18.6 Å². The Hall–Kier alpha value is -3.50. The number of nitriles is 1. The van der Waals surface area contributed by atoms with Gasteiger partial charge in [-0.25, -0.2) is 18.7 Å². The van der Waals surface area contributed by atoms with Gasteiger partial charge in [-0.1, -0.05) is 0 Å². The second-order valence-corrected chi connectivity index (χ2v) is 10.2. The number of aliphatic hydroxyl groups excluding tert-OH is 1. The number of fused-ring (bicyclic) bond motifs is 4. The van der Waals surface area contributed by atoms with Crippen LogP contribution in [0.5, 0.6) is 0 Å². The maximum absolute atomic E-state index is 16.4. The van der Waals surface area contributed by atoms with Crippen molar-refractivity contribution in [3.05, 3.63) is 40.7 Å². The molecule has 2 aliphatic rings. The number of rotatable bonds is 3. The summed E-state index contributed by atoms with van der Waals surface area (Å²) in [5.41, 5.74) is 7.65. The van der Waals surface area contributed by atoms with Gasteiger partial charge >= 0.3 is 0 Å². The quantitative estimate of drug-likeness (QED) is 0.429. The summed E-state index contributed by atoms with van der Waals surface area (Å²) < 4.78 is 36.8. The number of benzene rings is 1. The summed E-state index contributed by atoms with van der Waals surface area (Å²) in [6, 6.07) is 1.90. The van der Waals surface area contributed by atoms with Crippen molar-refractivity contribution >= 4 is 43.3 Å². The lowest BCUT2D eigenvalue weighted by Crippen LogP contribution is -2.38. The number of pyridine rings is 1. The fourth-order valence-electron chi connectivity index (χ4n) is 5.13. The zero-order chi connectivity index (χ0) is 25.3. The molecule has 3 N–H and O–H groups in total. The van der Waals surface area contributed by atoms with E-state index in [9.17, 15) is 14.8 Å². The van der Waals surface area contributed by atoms with Crippen LogP contribution in [0, 0.1) is 23.0 Å². The van der Waals surface area contributed by atoms with Crippen LogP contribution in [0.15, 0.2) is 12.4 Å². The molecule has 0 saturated carbocycles. The van der Waals surface area contributed by atoms with E-state index in [4.69, 9.17) is 10.5 Å². The third-order valence-corrected chi connectivity index (χ3v) is 7.96. The number of halogens is 2. The zero-order valence-electron chi connectivity index (χ0n) is 19.4. The van der Waals surface area contributed by atoms with Crippen LogP contribution in [-0.4, -0.2) is 64.3 Å². The van der Waals surface area contributed by atoms with E-state index >= 15 is 4.39 Å². The minimum absolute atomic E-state index is 0.0633. The molecule has 9 nitrogen and oxygen atoms in total. The number of hydrogen-bond acceptors (Lipinski definition) is 10. The molecule has 6 rings (SSSR count). The molecule has 0 amide bonds. The van der Waals surface area contributed by atoms with E-state index in [2.05, 4.69) is 15.0 Å². The first-order valence-corrected chi connectivity index (χ1v) is 12.1. The molecule has 1 fully saturated rings. The third kappa shape index (κ3) is 3.24. The average molecular weight is 510 g/mol. The lowest BCUT2D eigenvalue weighted by atomic mass is 9.94.